The van der Waals surface area contributed by atoms with Gasteiger partial charge in [0.2, 0.25) is 0 Å². The molecule has 1 aliphatic rings. The van der Waals surface area contributed by atoms with Crippen LogP contribution >= 0.6 is 12.6 Å². The van der Waals surface area contributed by atoms with E-state index in [4.69, 9.17) is 0 Å². The van der Waals surface area contributed by atoms with Crippen LogP contribution in [0.3, 0.4) is 0 Å². The van der Waals surface area contributed by atoms with E-state index in [0.29, 0.717) is 12.2 Å². The van der Waals surface area contributed by atoms with Gasteiger partial charge in [-0.15, -0.1) is 25.8 Å². The Morgan fingerprint density at radius 3 is 2.48 bits per heavy atom. The number of amides is 2. The summed E-state index contributed by atoms with van der Waals surface area (Å²) in [7, 11) is 0. The topological polar surface area (TPSA) is 41.6 Å². The number of carbonyl (C=O) groups excluding carboxylic acids is 1. The van der Waals surface area contributed by atoms with Crippen molar-refractivity contribution in [1.29, 1.82) is 0 Å². The van der Waals surface area contributed by atoms with Crippen LogP contribution in [0.1, 0.15) is 43.7 Å². The Labute approximate surface area is 186 Å². The molecule has 0 heterocycles. The number of anilines is 1. The number of alkyl halides is 3. The second kappa shape index (κ2) is 10.3. The predicted octanol–water partition coefficient (Wildman–Crippen LogP) is 6.46. The van der Waals surface area contributed by atoms with E-state index < -0.39 is 6.36 Å². The molecule has 8 heteroatoms. The normalized spacial score (nSPS) is 15.5. The highest BCUT2D eigenvalue weighted by Gasteiger charge is 2.31. The molecule has 0 fully saturated rings. The summed E-state index contributed by atoms with van der Waals surface area (Å²) in [6.45, 7) is 2.77. The molecule has 4 nitrogen and oxygen atoms in total. The first kappa shape index (κ1) is 23.3. The molecule has 0 aromatic heterocycles. The average Bonchev–Trinajstić information content (AvgIpc) is 3.11. The zero-order valence-corrected chi connectivity index (χ0v) is 18.3. The molecule has 3 rings (SSSR count). The lowest BCUT2D eigenvalue weighted by molar-refractivity contribution is -0.274. The van der Waals surface area contributed by atoms with Crippen LogP contribution in [0.15, 0.2) is 47.4 Å². The van der Waals surface area contributed by atoms with Crippen molar-refractivity contribution in [2.45, 2.75) is 62.7 Å². The number of unbranched alkanes of at least 4 members (excludes halogenated alkanes) is 3. The van der Waals surface area contributed by atoms with Crippen molar-refractivity contribution in [2.24, 2.45) is 0 Å². The molecule has 1 aliphatic carbocycles. The maximum absolute atomic E-state index is 13.1. The maximum atomic E-state index is 13.1. The Hall–Kier alpha value is -2.35. The highest BCUT2D eigenvalue weighted by atomic mass is 32.1. The van der Waals surface area contributed by atoms with E-state index in [1.807, 2.05) is 17.0 Å². The van der Waals surface area contributed by atoms with E-state index in [2.05, 4.69) is 35.7 Å². The molecule has 1 unspecified atom stereocenters. The summed E-state index contributed by atoms with van der Waals surface area (Å²) in [6, 6.07) is 11.1. The number of rotatable bonds is 8. The molecule has 2 aromatic rings. The third-order valence-corrected chi connectivity index (χ3v) is 5.67. The fourth-order valence-electron chi connectivity index (χ4n) is 3.90. The summed E-state index contributed by atoms with van der Waals surface area (Å²) in [5.74, 6) is -0.323. The molecule has 0 aliphatic heterocycles. The minimum Gasteiger partial charge on any atom is -0.406 e. The quantitative estimate of drug-likeness (QED) is 0.357. The standard InChI is InChI=1S/C23H27F3N2O2S/c1-2-3-4-5-12-28(19-13-16-6-11-21(31)15-17(16)14-19)22(29)27-18-7-9-20(10-8-18)30-23(24,25)26/h6-11,15,19,31H,2-5,12-14H2,1H3,(H,27,29). The minimum absolute atomic E-state index is 0.0413. The van der Waals surface area contributed by atoms with Crippen LogP contribution < -0.4 is 10.1 Å². The number of fused-ring (bicyclic) bond motifs is 1. The van der Waals surface area contributed by atoms with Crippen molar-refractivity contribution in [3.63, 3.8) is 0 Å². The molecule has 2 amide bonds. The van der Waals surface area contributed by atoms with E-state index in [1.165, 1.54) is 35.4 Å². The molecule has 0 spiro atoms. The summed E-state index contributed by atoms with van der Waals surface area (Å²) < 4.78 is 40.9. The van der Waals surface area contributed by atoms with Crippen LogP contribution in [0.4, 0.5) is 23.7 Å². The number of benzene rings is 2. The third-order valence-electron chi connectivity index (χ3n) is 5.39. The van der Waals surface area contributed by atoms with Crippen molar-refractivity contribution >= 4 is 24.3 Å². The lowest BCUT2D eigenvalue weighted by atomic mass is 10.1. The third kappa shape index (κ3) is 6.82. The van der Waals surface area contributed by atoms with Crippen molar-refractivity contribution in [3.8, 4) is 5.75 Å². The largest absolute Gasteiger partial charge is 0.573 e. The van der Waals surface area contributed by atoms with Gasteiger partial charge < -0.3 is 15.0 Å². The second-order valence-electron chi connectivity index (χ2n) is 7.77. The van der Waals surface area contributed by atoms with Gasteiger partial charge in [0.1, 0.15) is 5.75 Å². The molecule has 1 atom stereocenters. The molecule has 168 valence electrons. The maximum Gasteiger partial charge on any atom is 0.573 e. The molecular weight excluding hydrogens is 425 g/mol. The number of nitrogens with zero attached hydrogens (tertiary/aromatic N) is 1. The van der Waals surface area contributed by atoms with Crippen molar-refractivity contribution in [3.05, 3.63) is 53.6 Å². The van der Waals surface area contributed by atoms with Gasteiger partial charge in [0.25, 0.3) is 0 Å². The number of nitrogens with one attached hydrogen (secondary N) is 1. The number of urea groups is 1. The molecule has 0 saturated carbocycles. The van der Waals surface area contributed by atoms with Gasteiger partial charge in [-0.3, -0.25) is 0 Å². The van der Waals surface area contributed by atoms with Gasteiger partial charge in [0.05, 0.1) is 0 Å². The predicted molar refractivity (Wildman–Crippen MR) is 118 cm³/mol. The van der Waals surface area contributed by atoms with Crippen LogP contribution in [-0.2, 0) is 12.8 Å². The zero-order valence-electron chi connectivity index (χ0n) is 17.4. The molecule has 31 heavy (non-hydrogen) atoms. The summed E-state index contributed by atoms with van der Waals surface area (Å²) >= 11 is 4.41. The molecular formula is C23H27F3N2O2S. The monoisotopic (exact) mass is 452 g/mol. The van der Waals surface area contributed by atoms with Crippen LogP contribution in [0.5, 0.6) is 5.75 Å². The summed E-state index contributed by atoms with van der Waals surface area (Å²) in [6.07, 6.45) is 0.979. The van der Waals surface area contributed by atoms with Crippen molar-refractivity contribution in [2.75, 3.05) is 11.9 Å². The van der Waals surface area contributed by atoms with Gasteiger partial charge in [0.15, 0.2) is 0 Å². The van der Waals surface area contributed by atoms with E-state index in [9.17, 15) is 18.0 Å². The summed E-state index contributed by atoms with van der Waals surface area (Å²) in [5.41, 5.74) is 2.85. The van der Waals surface area contributed by atoms with E-state index in [-0.39, 0.29) is 17.8 Å². The minimum atomic E-state index is -4.75. The average molecular weight is 453 g/mol. The first-order valence-electron chi connectivity index (χ1n) is 10.5. The Morgan fingerprint density at radius 2 is 1.81 bits per heavy atom. The molecule has 0 radical (unpaired) electrons. The van der Waals surface area contributed by atoms with Crippen molar-refractivity contribution in [1.82, 2.24) is 4.90 Å². The SMILES string of the molecule is CCCCCCN(C(=O)Nc1ccc(OC(F)(F)F)cc1)C1Cc2ccc(S)cc2C1. The Morgan fingerprint density at radius 1 is 1.10 bits per heavy atom. The Balaban J connectivity index is 1.68. The highest BCUT2D eigenvalue weighted by molar-refractivity contribution is 7.80. The van der Waals surface area contributed by atoms with Gasteiger partial charge >= 0.3 is 12.4 Å². The summed E-state index contributed by atoms with van der Waals surface area (Å²) in [4.78, 5) is 15.8. The van der Waals surface area contributed by atoms with Gasteiger partial charge in [-0.05, 0) is 66.8 Å². The van der Waals surface area contributed by atoms with E-state index in [1.54, 1.807) is 0 Å². The number of carbonyl (C=O) groups is 1. The van der Waals surface area contributed by atoms with Crippen LogP contribution in [0.2, 0.25) is 0 Å². The lowest BCUT2D eigenvalue weighted by Crippen LogP contribution is -2.44. The smallest absolute Gasteiger partial charge is 0.406 e. The number of ether oxygens (including phenoxy) is 1. The van der Waals surface area contributed by atoms with Gasteiger partial charge in [-0.1, -0.05) is 32.3 Å². The number of hydrogen-bond donors (Lipinski definition) is 2. The first-order chi connectivity index (χ1) is 14.7. The van der Waals surface area contributed by atoms with Crippen molar-refractivity contribution < 1.29 is 22.7 Å². The molecule has 1 N–H and O–H groups in total. The second-order valence-corrected chi connectivity index (χ2v) is 8.29. The number of thiol groups is 1. The van der Waals surface area contributed by atoms with Crippen LogP contribution in [0, 0.1) is 0 Å². The first-order valence-corrected chi connectivity index (χ1v) is 10.9. The van der Waals surface area contributed by atoms with E-state index >= 15 is 0 Å². The summed E-state index contributed by atoms with van der Waals surface area (Å²) in [5, 5.41) is 2.82. The lowest BCUT2D eigenvalue weighted by Gasteiger charge is -2.29. The van der Waals surface area contributed by atoms with Crippen LogP contribution in [0.25, 0.3) is 0 Å². The highest BCUT2D eigenvalue weighted by Crippen LogP contribution is 2.29. The zero-order chi connectivity index (χ0) is 22.4. The van der Waals surface area contributed by atoms with E-state index in [0.717, 1.165) is 43.4 Å². The molecule has 0 saturated heterocycles. The Kier molecular flexibility index (Phi) is 7.75. The van der Waals surface area contributed by atoms with Crippen LogP contribution in [-0.4, -0.2) is 29.9 Å². The molecule has 2 aromatic carbocycles. The van der Waals surface area contributed by atoms with Gasteiger partial charge in [-0.2, -0.15) is 0 Å². The number of halogens is 3. The fraction of sp³-hybridized carbons (Fsp3) is 0.435. The number of hydrogen-bond acceptors (Lipinski definition) is 3. The van der Waals surface area contributed by atoms with Gasteiger partial charge in [0, 0.05) is 23.2 Å². The molecule has 0 bridgehead atoms. The van der Waals surface area contributed by atoms with Gasteiger partial charge in [-0.25, -0.2) is 4.79 Å². The fourth-order valence-corrected chi connectivity index (χ4v) is 4.13. The Bertz CT molecular complexity index is 887.